The molecule has 16 heavy (non-hydrogen) atoms. The topological polar surface area (TPSA) is 115 Å². The van der Waals surface area contributed by atoms with Crippen molar-refractivity contribution < 1.29 is 14.6 Å². The van der Waals surface area contributed by atoms with Gasteiger partial charge < -0.3 is 5.32 Å². The van der Waals surface area contributed by atoms with Crippen LogP contribution in [0.15, 0.2) is 18.7 Å². The number of hydrogen-bond donors (Lipinski definition) is 1. The molecule has 1 rings (SSSR count). The van der Waals surface area contributed by atoms with Crippen molar-refractivity contribution in [1.82, 2.24) is 0 Å². The van der Waals surface area contributed by atoms with Gasteiger partial charge in [0.25, 0.3) is 0 Å². The molecule has 1 heterocycles. The summed E-state index contributed by atoms with van der Waals surface area (Å²) in [7, 11) is 0. The van der Waals surface area contributed by atoms with Crippen molar-refractivity contribution in [2.75, 3.05) is 5.32 Å². The highest BCUT2D eigenvalue weighted by Gasteiger charge is 2.25. The molecule has 1 aromatic heterocycles. The summed E-state index contributed by atoms with van der Waals surface area (Å²) >= 11 is 0.519. The van der Waals surface area contributed by atoms with Gasteiger partial charge >= 0.3 is 10.7 Å². The zero-order valence-electron chi connectivity index (χ0n) is 7.71. The van der Waals surface area contributed by atoms with Crippen LogP contribution in [0.3, 0.4) is 0 Å². The molecule has 0 aliphatic heterocycles. The average Bonchev–Trinajstić information content (AvgIpc) is 2.61. The number of thiophene rings is 1. The Morgan fingerprint density at radius 3 is 2.50 bits per heavy atom. The van der Waals surface area contributed by atoms with Gasteiger partial charge in [0.15, 0.2) is 5.00 Å². The van der Waals surface area contributed by atoms with E-state index in [4.69, 9.17) is 0 Å². The van der Waals surface area contributed by atoms with Crippen molar-refractivity contribution in [2.45, 2.75) is 0 Å². The lowest BCUT2D eigenvalue weighted by molar-refractivity contribution is -0.389. The molecular formula is C7H5N3O5S. The quantitative estimate of drug-likeness (QED) is 0.490. The van der Waals surface area contributed by atoms with Crippen molar-refractivity contribution >= 4 is 32.9 Å². The molecule has 0 spiro atoms. The van der Waals surface area contributed by atoms with E-state index in [1.165, 1.54) is 0 Å². The van der Waals surface area contributed by atoms with Gasteiger partial charge in [-0.15, -0.1) is 0 Å². The molecule has 0 fully saturated rings. The van der Waals surface area contributed by atoms with Crippen LogP contribution in [-0.2, 0) is 4.79 Å². The number of hydrogen-bond acceptors (Lipinski definition) is 6. The standard InChI is InChI=1S/C7H5N3O5S/c1-2-5(11)8-7-4(9(12)13)3-6(16-7)10(14)15/h2-3H,1H2,(H,8,11). The Balaban J connectivity index is 3.14. The lowest BCUT2D eigenvalue weighted by Crippen LogP contribution is -2.07. The Morgan fingerprint density at radius 2 is 2.06 bits per heavy atom. The lowest BCUT2D eigenvalue weighted by Gasteiger charge is -1.95. The number of carbonyl (C=O) groups is 1. The van der Waals surface area contributed by atoms with Gasteiger partial charge in [0.2, 0.25) is 5.91 Å². The summed E-state index contributed by atoms with van der Waals surface area (Å²) < 4.78 is 0. The van der Waals surface area contributed by atoms with E-state index in [1.807, 2.05) is 0 Å². The molecule has 0 saturated heterocycles. The molecule has 0 radical (unpaired) electrons. The van der Waals surface area contributed by atoms with Crippen LogP contribution in [0.25, 0.3) is 0 Å². The molecule has 84 valence electrons. The summed E-state index contributed by atoms with van der Waals surface area (Å²) in [5, 5.41) is 22.5. The second-order valence-corrected chi connectivity index (χ2v) is 3.54. The van der Waals surface area contributed by atoms with Gasteiger partial charge in [-0.05, 0) is 17.4 Å². The summed E-state index contributed by atoms with van der Waals surface area (Å²) in [5.74, 6) is -0.667. The number of rotatable bonds is 4. The molecule has 8 nitrogen and oxygen atoms in total. The summed E-state index contributed by atoms with van der Waals surface area (Å²) in [6.07, 6.45) is 0.912. The minimum atomic E-state index is -0.803. The first-order valence-corrected chi connectivity index (χ1v) is 4.63. The van der Waals surface area contributed by atoms with Crippen molar-refractivity contribution in [3.05, 3.63) is 38.9 Å². The summed E-state index contributed by atoms with van der Waals surface area (Å²) in [6, 6.07) is 0.795. The van der Waals surface area contributed by atoms with E-state index in [2.05, 4.69) is 11.9 Å². The van der Waals surface area contributed by atoms with E-state index in [0.717, 1.165) is 12.1 Å². The zero-order valence-corrected chi connectivity index (χ0v) is 8.52. The summed E-state index contributed by atoms with van der Waals surface area (Å²) in [6.45, 7) is 3.16. The predicted octanol–water partition coefficient (Wildman–Crippen LogP) is 1.69. The average molecular weight is 243 g/mol. The van der Waals surface area contributed by atoms with Gasteiger partial charge in [-0.25, -0.2) is 0 Å². The highest BCUT2D eigenvalue weighted by Crippen LogP contribution is 2.38. The maximum Gasteiger partial charge on any atom is 0.333 e. The molecule has 1 aromatic rings. The minimum absolute atomic E-state index is 0.179. The number of nitro groups is 2. The van der Waals surface area contributed by atoms with Gasteiger partial charge in [-0.1, -0.05) is 6.58 Å². The van der Waals surface area contributed by atoms with Crippen LogP contribution in [0.4, 0.5) is 15.7 Å². The maximum atomic E-state index is 10.9. The highest BCUT2D eigenvalue weighted by atomic mass is 32.1. The Labute approximate surface area is 92.5 Å². The van der Waals surface area contributed by atoms with E-state index < -0.39 is 26.4 Å². The van der Waals surface area contributed by atoms with Gasteiger partial charge in [-0.3, -0.25) is 25.0 Å². The smallest absolute Gasteiger partial charge is 0.308 e. The Hall–Kier alpha value is -2.29. The first kappa shape index (κ1) is 11.8. The summed E-state index contributed by atoms with van der Waals surface area (Å²) in [4.78, 5) is 30.3. The normalized spacial score (nSPS) is 9.50. The third-order valence-corrected chi connectivity index (χ3v) is 2.49. The van der Waals surface area contributed by atoms with E-state index >= 15 is 0 Å². The van der Waals surface area contributed by atoms with Gasteiger partial charge in [0.1, 0.15) is 6.07 Å². The number of anilines is 1. The highest BCUT2D eigenvalue weighted by molar-refractivity contribution is 7.20. The van der Waals surface area contributed by atoms with Gasteiger partial charge in [0, 0.05) is 0 Å². The fourth-order valence-electron chi connectivity index (χ4n) is 0.847. The van der Waals surface area contributed by atoms with Crippen LogP contribution in [0, 0.1) is 20.2 Å². The fourth-order valence-corrected chi connectivity index (χ4v) is 1.69. The van der Waals surface area contributed by atoms with Gasteiger partial charge in [-0.2, -0.15) is 0 Å². The van der Waals surface area contributed by atoms with E-state index in [9.17, 15) is 25.0 Å². The number of nitrogens with one attached hydrogen (secondary N) is 1. The van der Waals surface area contributed by atoms with Crippen molar-refractivity contribution in [2.24, 2.45) is 0 Å². The predicted molar refractivity (Wildman–Crippen MR) is 56.5 cm³/mol. The molecule has 0 aliphatic carbocycles. The maximum absolute atomic E-state index is 10.9. The second kappa shape index (κ2) is 4.49. The monoisotopic (exact) mass is 243 g/mol. The third kappa shape index (κ3) is 2.39. The van der Waals surface area contributed by atoms with Gasteiger partial charge in [0.05, 0.1) is 9.85 Å². The molecule has 0 atom stereocenters. The number of amides is 1. The molecule has 9 heteroatoms. The van der Waals surface area contributed by atoms with Crippen LogP contribution in [0.2, 0.25) is 0 Å². The largest absolute Gasteiger partial charge is 0.333 e. The van der Waals surface area contributed by atoms with E-state index in [1.54, 1.807) is 0 Å². The Kier molecular flexibility index (Phi) is 3.30. The van der Waals surface area contributed by atoms with Crippen molar-refractivity contribution in [1.29, 1.82) is 0 Å². The lowest BCUT2D eigenvalue weighted by atomic mass is 10.4. The Morgan fingerprint density at radius 1 is 1.44 bits per heavy atom. The van der Waals surface area contributed by atoms with E-state index in [-0.39, 0.29) is 5.00 Å². The van der Waals surface area contributed by atoms with Crippen LogP contribution in [0.5, 0.6) is 0 Å². The fraction of sp³-hybridized carbons (Fsp3) is 0. The van der Waals surface area contributed by atoms with Crippen LogP contribution < -0.4 is 5.32 Å². The molecular weight excluding hydrogens is 238 g/mol. The molecule has 0 saturated carbocycles. The van der Waals surface area contributed by atoms with Crippen molar-refractivity contribution in [3.63, 3.8) is 0 Å². The number of carbonyl (C=O) groups excluding carboxylic acids is 1. The molecule has 1 N–H and O–H groups in total. The van der Waals surface area contributed by atoms with Crippen molar-refractivity contribution in [3.8, 4) is 0 Å². The molecule has 0 bridgehead atoms. The third-order valence-electron chi connectivity index (χ3n) is 1.50. The molecule has 0 unspecified atom stereocenters. The van der Waals surface area contributed by atoms with Crippen LogP contribution >= 0.6 is 11.3 Å². The zero-order chi connectivity index (χ0) is 12.3. The number of nitrogens with zero attached hydrogens (tertiary/aromatic N) is 2. The van der Waals surface area contributed by atoms with E-state index in [0.29, 0.717) is 11.3 Å². The SMILES string of the molecule is C=CC(=O)Nc1sc([N+](=O)[O-])cc1[N+](=O)[O-]. The first-order valence-electron chi connectivity index (χ1n) is 3.81. The van der Waals surface area contributed by atoms with Crippen LogP contribution in [-0.4, -0.2) is 15.8 Å². The second-order valence-electron chi connectivity index (χ2n) is 2.51. The molecule has 0 aliphatic rings. The minimum Gasteiger partial charge on any atom is -0.308 e. The molecule has 1 amide bonds. The molecule has 0 aromatic carbocycles. The first-order chi connectivity index (χ1) is 7.45. The Bertz CT molecular complexity index is 480. The van der Waals surface area contributed by atoms with Crippen LogP contribution in [0.1, 0.15) is 0 Å². The summed E-state index contributed by atoms with van der Waals surface area (Å²) in [5.41, 5.74) is -0.507.